The van der Waals surface area contributed by atoms with Gasteiger partial charge in [-0.2, -0.15) is 0 Å². The minimum absolute atomic E-state index is 0.194. The van der Waals surface area contributed by atoms with E-state index in [1.165, 1.54) is 0 Å². The Morgan fingerprint density at radius 1 is 1.38 bits per heavy atom. The predicted molar refractivity (Wildman–Crippen MR) is 74.3 cm³/mol. The molecule has 1 aliphatic heterocycles. The molecule has 0 saturated carbocycles. The van der Waals surface area contributed by atoms with Crippen LogP contribution in [0.4, 0.5) is 0 Å². The molecule has 1 aliphatic rings. The second-order valence-corrected chi connectivity index (χ2v) is 4.84. The predicted octanol–water partition coefficient (Wildman–Crippen LogP) is 1.48. The van der Waals surface area contributed by atoms with Crippen LogP contribution in [0.15, 0.2) is 34.9 Å². The van der Waals surface area contributed by atoms with Crippen LogP contribution in [0.1, 0.15) is 11.5 Å². The Morgan fingerprint density at radius 2 is 2.19 bits per heavy atom. The van der Waals surface area contributed by atoms with Gasteiger partial charge < -0.3 is 19.3 Å². The summed E-state index contributed by atoms with van der Waals surface area (Å²) in [5.74, 6) is 1.81. The molecule has 1 amide bonds. The summed E-state index contributed by atoms with van der Waals surface area (Å²) in [4.78, 5) is 12.0. The molecule has 0 radical (unpaired) electrons. The summed E-state index contributed by atoms with van der Waals surface area (Å²) >= 11 is 0. The van der Waals surface area contributed by atoms with E-state index in [2.05, 4.69) is 10.5 Å². The molecule has 6 nitrogen and oxygen atoms in total. The van der Waals surface area contributed by atoms with E-state index in [9.17, 15) is 4.79 Å². The summed E-state index contributed by atoms with van der Waals surface area (Å²) in [5, 5.41) is 6.61. The fourth-order valence-corrected chi connectivity index (χ4v) is 2.11. The molecule has 1 aromatic carbocycles. The van der Waals surface area contributed by atoms with Crippen LogP contribution in [0.25, 0.3) is 0 Å². The number of carbonyl (C=O) groups excluding carboxylic acids is 1. The maximum Gasteiger partial charge on any atom is 0.264 e. The maximum atomic E-state index is 12.0. The molecule has 1 N–H and O–H groups in total. The smallest absolute Gasteiger partial charge is 0.264 e. The van der Waals surface area contributed by atoms with Gasteiger partial charge in [0.2, 0.25) is 6.10 Å². The second-order valence-electron chi connectivity index (χ2n) is 4.84. The molecule has 2 aromatic rings. The van der Waals surface area contributed by atoms with Crippen molar-refractivity contribution in [3.63, 3.8) is 0 Å². The quantitative estimate of drug-likeness (QED) is 0.922. The molecule has 3 rings (SSSR count). The van der Waals surface area contributed by atoms with Crippen LogP contribution in [-0.4, -0.2) is 30.3 Å². The van der Waals surface area contributed by atoms with E-state index in [1.54, 1.807) is 6.07 Å². The van der Waals surface area contributed by atoms with Gasteiger partial charge in [-0.25, -0.2) is 0 Å². The molecule has 0 saturated heterocycles. The number of hydrogen-bond acceptors (Lipinski definition) is 5. The minimum atomic E-state index is -0.628. The van der Waals surface area contributed by atoms with Crippen LogP contribution in [0, 0.1) is 6.92 Å². The fraction of sp³-hybridized carbons (Fsp3) is 0.333. The van der Waals surface area contributed by atoms with Crippen LogP contribution in [0.5, 0.6) is 11.5 Å². The molecule has 21 heavy (non-hydrogen) atoms. The number of para-hydroxylation sites is 2. The Balaban J connectivity index is 1.50. The standard InChI is InChI=1S/C15H16N2O4/c1-10-8-11(21-17-10)6-7-16-15(18)14-9-19-12-4-2-3-5-13(12)20-14/h2-5,8,14H,6-7,9H2,1H3,(H,16,18). The van der Waals surface area contributed by atoms with Gasteiger partial charge in [0.1, 0.15) is 12.4 Å². The highest BCUT2D eigenvalue weighted by Crippen LogP contribution is 2.30. The summed E-state index contributed by atoms with van der Waals surface area (Å²) in [5.41, 5.74) is 0.831. The summed E-state index contributed by atoms with van der Waals surface area (Å²) in [7, 11) is 0. The van der Waals surface area contributed by atoms with Gasteiger partial charge in [0.05, 0.1) is 5.69 Å². The average molecular weight is 288 g/mol. The number of benzene rings is 1. The SMILES string of the molecule is Cc1cc(CCNC(=O)C2COc3ccccc3O2)on1. The highest BCUT2D eigenvalue weighted by atomic mass is 16.6. The van der Waals surface area contributed by atoms with Crippen molar-refractivity contribution in [3.8, 4) is 11.5 Å². The number of nitrogens with one attached hydrogen (secondary N) is 1. The molecule has 0 aliphatic carbocycles. The molecule has 0 bridgehead atoms. The zero-order valence-corrected chi connectivity index (χ0v) is 11.7. The average Bonchev–Trinajstić information content (AvgIpc) is 2.92. The van der Waals surface area contributed by atoms with Crippen molar-refractivity contribution in [1.82, 2.24) is 10.5 Å². The van der Waals surface area contributed by atoms with Gasteiger partial charge >= 0.3 is 0 Å². The third kappa shape index (κ3) is 3.16. The van der Waals surface area contributed by atoms with Gasteiger partial charge in [-0.3, -0.25) is 4.79 Å². The summed E-state index contributed by atoms with van der Waals surface area (Å²) in [6, 6.07) is 9.15. The Bertz CT molecular complexity index is 638. The van der Waals surface area contributed by atoms with Gasteiger partial charge in [-0.1, -0.05) is 17.3 Å². The summed E-state index contributed by atoms with van der Waals surface area (Å²) in [6.45, 7) is 2.54. The van der Waals surface area contributed by atoms with Crippen LogP contribution >= 0.6 is 0 Å². The molecular weight excluding hydrogens is 272 g/mol. The number of nitrogens with zero attached hydrogens (tertiary/aromatic N) is 1. The molecule has 1 unspecified atom stereocenters. The zero-order chi connectivity index (χ0) is 14.7. The van der Waals surface area contributed by atoms with Crippen molar-refractivity contribution in [3.05, 3.63) is 41.8 Å². The maximum absolute atomic E-state index is 12.0. The molecule has 110 valence electrons. The van der Waals surface area contributed by atoms with Gasteiger partial charge in [0, 0.05) is 19.0 Å². The van der Waals surface area contributed by atoms with E-state index in [0.29, 0.717) is 24.5 Å². The Kier molecular flexibility index (Phi) is 3.77. The third-order valence-electron chi connectivity index (χ3n) is 3.15. The first kappa shape index (κ1) is 13.5. The monoisotopic (exact) mass is 288 g/mol. The van der Waals surface area contributed by atoms with Crippen molar-refractivity contribution < 1.29 is 18.8 Å². The normalized spacial score (nSPS) is 16.5. The summed E-state index contributed by atoms with van der Waals surface area (Å²) in [6.07, 6.45) is -0.0344. The Labute approximate surface area is 122 Å². The Hall–Kier alpha value is -2.50. The van der Waals surface area contributed by atoms with E-state index in [1.807, 2.05) is 31.2 Å². The lowest BCUT2D eigenvalue weighted by Gasteiger charge is -2.25. The number of ether oxygens (including phenoxy) is 2. The highest BCUT2D eigenvalue weighted by Gasteiger charge is 2.26. The molecular formula is C15H16N2O4. The number of fused-ring (bicyclic) bond motifs is 1. The number of rotatable bonds is 4. The van der Waals surface area contributed by atoms with E-state index >= 15 is 0 Å². The number of amides is 1. The zero-order valence-electron chi connectivity index (χ0n) is 11.7. The lowest BCUT2D eigenvalue weighted by Crippen LogP contribution is -2.44. The van der Waals surface area contributed by atoms with Gasteiger partial charge in [-0.05, 0) is 19.1 Å². The third-order valence-corrected chi connectivity index (χ3v) is 3.15. The first-order valence-corrected chi connectivity index (χ1v) is 6.81. The molecule has 0 spiro atoms. The van der Waals surface area contributed by atoms with Crippen molar-refractivity contribution >= 4 is 5.91 Å². The second kappa shape index (κ2) is 5.87. The van der Waals surface area contributed by atoms with Crippen LogP contribution in [0.2, 0.25) is 0 Å². The molecule has 6 heteroatoms. The first-order valence-electron chi connectivity index (χ1n) is 6.81. The van der Waals surface area contributed by atoms with E-state index in [4.69, 9.17) is 14.0 Å². The number of hydrogen-bond donors (Lipinski definition) is 1. The van der Waals surface area contributed by atoms with Gasteiger partial charge in [-0.15, -0.1) is 0 Å². The number of carbonyl (C=O) groups is 1. The minimum Gasteiger partial charge on any atom is -0.485 e. The molecule has 1 aromatic heterocycles. The molecule has 0 fully saturated rings. The largest absolute Gasteiger partial charge is 0.485 e. The lowest BCUT2D eigenvalue weighted by atomic mass is 10.2. The highest BCUT2D eigenvalue weighted by molar-refractivity contribution is 5.81. The lowest BCUT2D eigenvalue weighted by molar-refractivity contribution is -0.130. The Morgan fingerprint density at radius 3 is 2.95 bits per heavy atom. The number of aromatic nitrogens is 1. The molecule has 1 atom stereocenters. The van der Waals surface area contributed by atoms with E-state index in [0.717, 1.165) is 11.5 Å². The first-order chi connectivity index (χ1) is 10.2. The van der Waals surface area contributed by atoms with Crippen LogP contribution in [-0.2, 0) is 11.2 Å². The van der Waals surface area contributed by atoms with Crippen molar-refractivity contribution in [1.29, 1.82) is 0 Å². The van der Waals surface area contributed by atoms with Crippen molar-refractivity contribution in [2.24, 2.45) is 0 Å². The topological polar surface area (TPSA) is 73.6 Å². The van der Waals surface area contributed by atoms with Gasteiger partial charge in [0.15, 0.2) is 11.5 Å². The van der Waals surface area contributed by atoms with Crippen molar-refractivity contribution in [2.45, 2.75) is 19.4 Å². The number of aryl methyl sites for hydroxylation is 1. The fourth-order valence-electron chi connectivity index (χ4n) is 2.11. The van der Waals surface area contributed by atoms with E-state index in [-0.39, 0.29) is 12.5 Å². The van der Waals surface area contributed by atoms with Crippen molar-refractivity contribution in [2.75, 3.05) is 13.2 Å². The summed E-state index contributed by atoms with van der Waals surface area (Å²) < 4.78 is 16.2. The van der Waals surface area contributed by atoms with Crippen LogP contribution < -0.4 is 14.8 Å². The van der Waals surface area contributed by atoms with Gasteiger partial charge in [0.25, 0.3) is 5.91 Å². The van der Waals surface area contributed by atoms with Crippen LogP contribution in [0.3, 0.4) is 0 Å². The van der Waals surface area contributed by atoms with E-state index < -0.39 is 6.10 Å². The molecule has 2 heterocycles.